The van der Waals surface area contributed by atoms with Crippen LogP contribution in [0.5, 0.6) is 11.5 Å². The Morgan fingerprint density at radius 1 is 1.08 bits per heavy atom. The number of nitrogens with one attached hydrogen (secondary N) is 2. The molecule has 2 aromatic carbocycles. The molecule has 1 aliphatic heterocycles. The third-order valence-electron chi connectivity index (χ3n) is 3.69. The Bertz CT molecular complexity index is 774. The van der Waals surface area contributed by atoms with Crippen molar-refractivity contribution >= 4 is 17.6 Å². The van der Waals surface area contributed by atoms with Crippen molar-refractivity contribution in [1.29, 1.82) is 0 Å². The number of ether oxygens (including phenoxy) is 3. The molecule has 2 N–H and O–H groups in total. The number of carbonyl (C=O) groups is 2. The van der Waals surface area contributed by atoms with E-state index in [0.29, 0.717) is 23.6 Å². The Hall–Kier alpha value is -3.22. The lowest BCUT2D eigenvalue weighted by atomic mass is 10.2. The molecule has 2 aromatic rings. The van der Waals surface area contributed by atoms with E-state index in [1.807, 2.05) is 18.2 Å². The maximum Gasteiger partial charge on any atom is 0.337 e. The van der Waals surface area contributed by atoms with Gasteiger partial charge < -0.3 is 24.8 Å². The van der Waals surface area contributed by atoms with Crippen molar-refractivity contribution in [3.05, 3.63) is 53.6 Å². The number of amides is 1. The number of hydrogen-bond donors (Lipinski definition) is 2. The van der Waals surface area contributed by atoms with Gasteiger partial charge in [-0.15, -0.1) is 0 Å². The molecule has 130 valence electrons. The smallest absolute Gasteiger partial charge is 0.337 e. The van der Waals surface area contributed by atoms with Gasteiger partial charge in [0.15, 0.2) is 11.5 Å². The maximum atomic E-state index is 11.9. The van der Waals surface area contributed by atoms with Crippen LogP contribution in [0.2, 0.25) is 0 Å². The zero-order valence-electron chi connectivity index (χ0n) is 13.7. The predicted octanol–water partition coefficient (Wildman–Crippen LogP) is 1.93. The lowest BCUT2D eigenvalue weighted by Gasteiger charge is -2.09. The highest BCUT2D eigenvalue weighted by Crippen LogP contribution is 2.32. The Morgan fingerprint density at radius 3 is 2.60 bits per heavy atom. The average Bonchev–Trinajstić information content (AvgIpc) is 3.12. The molecule has 0 saturated heterocycles. The van der Waals surface area contributed by atoms with Crippen LogP contribution >= 0.6 is 0 Å². The largest absolute Gasteiger partial charge is 0.465 e. The van der Waals surface area contributed by atoms with Crippen molar-refractivity contribution < 1.29 is 23.8 Å². The summed E-state index contributed by atoms with van der Waals surface area (Å²) in [6.07, 6.45) is 0. The van der Waals surface area contributed by atoms with Crippen molar-refractivity contribution in [2.75, 3.05) is 25.8 Å². The van der Waals surface area contributed by atoms with Gasteiger partial charge in [-0.2, -0.15) is 0 Å². The van der Waals surface area contributed by atoms with E-state index in [1.54, 1.807) is 24.3 Å². The summed E-state index contributed by atoms with van der Waals surface area (Å²) in [6.45, 7) is 0.754. The molecule has 1 amide bonds. The van der Waals surface area contributed by atoms with E-state index in [2.05, 4.69) is 15.4 Å². The van der Waals surface area contributed by atoms with Crippen LogP contribution in [0.25, 0.3) is 0 Å². The minimum atomic E-state index is -0.395. The Labute approximate surface area is 144 Å². The van der Waals surface area contributed by atoms with E-state index < -0.39 is 5.97 Å². The summed E-state index contributed by atoms with van der Waals surface area (Å²) in [7, 11) is 1.33. The number of esters is 1. The van der Waals surface area contributed by atoms with E-state index in [4.69, 9.17) is 9.47 Å². The van der Waals surface area contributed by atoms with Crippen LogP contribution in [0.1, 0.15) is 15.9 Å². The van der Waals surface area contributed by atoms with Crippen molar-refractivity contribution in [2.24, 2.45) is 0 Å². The van der Waals surface area contributed by atoms with Crippen molar-refractivity contribution in [3.63, 3.8) is 0 Å². The average molecular weight is 342 g/mol. The molecule has 25 heavy (non-hydrogen) atoms. The molecule has 0 fully saturated rings. The molecule has 0 radical (unpaired) electrons. The lowest BCUT2D eigenvalue weighted by molar-refractivity contribution is -0.119. The first kappa shape index (κ1) is 16.6. The summed E-state index contributed by atoms with van der Waals surface area (Å²) in [4.78, 5) is 23.3. The molecular formula is C18H18N2O5. The molecule has 7 nitrogen and oxygen atoms in total. The van der Waals surface area contributed by atoms with E-state index in [9.17, 15) is 9.59 Å². The molecule has 1 aliphatic rings. The summed E-state index contributed by atoms with van der Waals surface area (Å²) in [5.41, 5.74) is 2.13. The predicted molar refractivity (Wildman–Crippen MR) is 90.7 cm³/mol. The highest BCUT2D eigenvalue weighted by molar-refractivity contribution is 5.89. The van der Waals surface area contributed by atoms with Gasteiger partial charge in [-0.05, 0) is 42.0 Å². The lowest BCUT2D eigenvalue weighted by Crippen LogP contribution is -2.29. The molecular weight excluding hydrogens is 324 g/mol. The Balaban J connectivity index is 1.46. The summed E-state index contributed by atoms with van der Waals surface area (Å²) in [6, 6.07) is 12.3. The molecule has 0 saturated carbocycles. The number of anilines is 1. The second-order valence-corrected chi connectivity index (χ2v) is 5.39. The minimum absolute atomic E-state index is 0.127. The molecule has 0 atom stereocenters. The quantitative estimate of drug-likeness (QED) is 0.780. The van der Waals surface area contributed by atoms with Crippen LogP contribution in [-0.2, 0) is 16.1 Å². The fourth-order valence-corrected chi connectivity index (χ4v) is 2.34. The van der Waals surface area contributed by atoms with Gasteiger partial charge in [-0.3, -0.25) is 4.79 Å². The van der Waals surface area contributed by atoms with Crippen molar-refractivity contribution in [3.8, 4) is 11.5 Å². The van der Waals surface area contributed by atoms with Gasteiger partial charge in [-0.1, -0.05) is 6.07 Å². The highest BCUT2D eigenvalue weighted by atomic mass is 16.7. The van der Waals surface area contributed by atoms with Crippen LogP contribution in [0.15, 0.2) is 42.5 Å². The fraction of sp³-hybridized carbons (Fsp3) is 0.222. The number of hydrogen-bond acceptors (Lipinski definition) is 6. The summed E-state index contributed by atoms with van der Waals surface area (Å²) in [5.74, 6) is 0.866. The Morgan fingerprint density at radius 2 is 1.84 bits per heavy atom. The summed E-state index contributed by atoms with van der Waals surface area (Å²) < 4.78 is 15.2. The van der Waals surface area contributed by atoms with Gasteiger partial charge in [0.2, 0.25) is 12.7 Å². The summed E-state index contributed by atoms with van der Waals surface area (Å²) >= 11 is 0. The van der Waals surface area contributed by atoms with Crippen LogP contribution < -0.4 is 20.1 Å². The number of rotatable bonds is 6. The van der Waals surface area contributed by atoms with Gasteiger partial charge in [0.05, 0.1) is 19.2 Å². The zero-order valence-corrected chi connectivity index (χ0v) is 13.7. The second kappa shape index (κ2) is 7.57. The van der Waals surface area contributed by atoms with Gasteiger partial charge in [0.1, 0.15) is 0 Å². The standard InChI is InChI=1S/C18H18N2O5/c1-23-18(22)13-3-5-14(6-4-13)19-10-17(21)20-9-12-2-7-15-16(8-12)25-11-24-15/h2-8,19H,9-11H2,1H3,(H,20,21). The SMILES string of the molecule is COC(=O)c1ccc(NCC(=O)NCc2ccc3c(c2)OCO3)cc1. The first-order valence-corrected chi connectivity index (χ1v) is 7.73. The number of carbonyl (C=O) groups excluding carboxylic acids is 2. The zero-order chi connectivity index (χ0) is 17.6. The minimum Gasteiger partial charge on any atom is -0.465 e. The first-order valence-electron chi connectivity index (χ1n) is 7.73. The van der Waals surface area contributed by atoms with E-state index >= 15 is 0 Å². The number of benzene rings is 2. The van der Waals surface area contributed by atoms with Gasteiger partial charge >= 0.3 is 5.97 Å². The van der Waals surface area contributed by atoms with Crippen LogP contribution in [0.3, 0.4) is 0 Å². The van der Waals surface area contributed by atoms with Crippen LogP contribution in [0, 0.1) is 0 Å². The van der Waals surface area contributed by atoms with E-state index in [1.165, 1.54) is 7.11 Å². The van der Waals surface area contributed by atoms with Crippen LogP contribution in [-0.4, -0.2) is 32.3 Å². The second-order valence-electron chi connectivity index (χ2n) is 5.39. The topological polar surface area (TPSA) is 85.9 Å². The van der Waals surface area contributed by atoms with Gasteiger partial charge in [0.25, 0.3) is 0 Å². The third kappa shape index (κ3) is 4.20. The third-order valence-corrected chi connectivity index (χ3v) is 3.69. The summed E-state index contributed by atoms with van der Waals surface area (Å²) in [5, 5.41) is 5.82. The van der Waals surface area contributed by atoms with E-state index in [-0.39, 0.29) is 19.2 Å². The molecule has 0 unspecified atom stereocenters. The monoisotopic (exact) mass is 342 g/mol. The van der Waals surface area contributed by atoms with Crippen molar-refractivity contribution in [1.82, 2.24) is 5.32 Å². The fourth-order valence-electron chi connectivity index (χ4n) is 2.34. The molecule has 0 aromatic heterocycles. The molecule has 0 aliphatic carbocycles. The van der Waals surface area contributed by atoms with Crippen molar-refractivity contribution in [2.45, 2.75) is 6.54 Å². The maximum absolute atomic E-state index is 11.9. The molecule has 1 heterocycles. The molecule has 0 spiro atoms. The highest BCUT2D eigenvalue weighted by Gasteiger charge is 2.13. The Kier molecular flexibility index (Phi) is 5.03. The van der Waals surface area contributed by atoms with E-state index in [0.717, 1.165) is 11.3 Å². The molecule has 0 bridgehead atoms. The number of fused-ring (bicyclic) bond motifs is 1. The molecule has 3 rings (SSSR count). The number of methoxy groups -OCH3 is 1. The van der Waals surface area contributed by atoms with Gasteiger partial charge in [0, 0.05) is 12.2 Å². The normalized spacial score (nSPS) is 11.7. The molecule has 7 heteroatoms. The van der Waals surface area contributed by atoms with Gasteiger partial charge in [-0.25, -0.2) is 4.79 Å². The first-order chi connectivity index (χ1) is 12.2. The van der Waals surface area contributed by atoms with Crippen LogP contribution in [0.4, 0.5) is 5.69 Å².